The average Bonchev–Trinajstić information content (AvgIpc) is 2.63. The molecule has 2 rings (SSSR count). The van der Waals surface area contributed by atoms with Crippen LogP contribution in [0.2, 0.25) is 0 Å². The van der Waals surface area contributed by atoms with Crippen LogP contribution in [0.25, 0.3) is 0 Å². The fraction of sp³-hybridized carbons (Fsp3) is 0.350. The molecule has 1 N–H and O–H groups in total. The van der Waals surface area contributed by atoms with Gasteiger partial charge in [0.2, 0.25) is 5.91 Å². The van der Waals surface area contributed by atoms with Crippen molar-refractivity contribution in [2.75, 3.05) is 6.54 Å². The number of hydrogen-bond donors (Lipinski definition) is 1. The summed E-state index contributed by atoms with van der Waals surface area (Å²) in [6, 6.07) is 14.1. The predicted molar refractivity (Wildman–Crippen MR) is 107 cm³/mol. The molecule has 0 aliphatic rings. The van der Waals surface area contributed by atoms with Crippen molar-refractivity contribution < 1.29 is 14.5 Å². The summed E-state index contributed by atoms with van der Waals surface area (Å²) in [5, 5.41) is 13.3. The molecule has 0 spiro atoms. The molecule has 1 atom stereocenters. The van der Waals surface area contributed by atoms with Crippen molar-refractivity contribution in [2.45, 2.75) is 43.4 Å². The van der Waals surface area contributed by atoms with E-state index in [0.29, 0.717) is 6.54 Å². The van der Waals surface area contributed by atoms with E-state index < -0.39 is 4.92 Å². The quantitative estimate of drug-likeness (QED) is 0.395. The zero-order valence-corrected chi connectivity index (χ0v) is 16.5. The second-order valence-corrected chi connectivity index (χ2v) is 7.78. The number of nitro benzene ring substituents is 1. The van der Waals surface area contributed by atoms with E-state index in [1.54, 1.807) is 12.1 Å². The molecule has 144 valence electrons. The molecule has 0 aliphatic carbocycles. The molecule has 2 aromatic rings. The standard InChI is InChI=1S/C20H24N2O4S/c1-14(2)26-18-8-4-16(5-9-18)12-13-21-20(23)15(3)27-19-10-6-17(7-11-19)22(24)25/h4-11,14-15H,12-13H2,1-3H3,(H,21,23). The third-order valence-corrected chi connectivity index (χ3v) is 4.85. The van der Waals surface area contributed by atoms with E-state index in [4.69, 9.17) is 4.74 Å². The highest BCUT2D eigenvalue weighted by molar-refractivity contribution is 8.00. The second-order valence-electron chi connectivity index (χ2n) is 6.36. The van der Waals surface area contributed by atoms with Gasteiger partial charge in [0, 0.05) is 23.6 Å². The van der Waals surface area contributed by atoms with Gasteiger partial charge in [-0.1, -0.05) is 12.1 Å². The monoisotopic (exact) mass is 388 g/mol. The lowest BCUT2D eigenvalue weighted by atomic mass is 10.1. The van der Waals surface area contributed by atoms with Crippen molar-refractivity contribution in [2.24, 2.45) is 0 Å². The van der Waals surface area contributed by atoms with E-state index in [-0.39, 0.29) is 22.9 Å². The molecule has 1 amide bonds. The number of nitrogens with one attached hydrogen (secondary N) is 1. The maximum absolute atomic E-state index is 12.2. The van der Waals surface area contributed by atoms with Gasteiger partial charge in [0.1, 0.15) is 5.75 Å². The van der Waals surface area contributed by atoms with Crippen molar-refractivity contribution >= 4 is 23.4 Å². The van der Waals surface area contributed by atoms with Crippen LogP contribution in [-0.2, 0) is 11.2 Å². The van der Waals surface area contributed by atoms with E-state index in [2.05, 4.69) is 5.32 Å². The van der Waals surface area contributed by atoms with Crippen LogP contribution in [-0.4, -0.2) is 28.7 Å². The molecule has 0 heterocycles. The minimum Gasteiger partial charge on any atom is -0.491 e. The van der Waals surface area contributed by atoms with Crippen molar-refractivity contribution in [3.63, 3.8) is 0 Å². The van der Waals surface area contributed by atoms with Crippen LogP contribution in [0, 0.1) is 10.1 Å². The highest BCUT2D eigenvalue weighted by Crippen LogP contribution is 2.25. The van der Waals surface area contributed by atoms with Gasteiger partial charge in [0.15, 0.2) is 0 Å². The fourth-order valence-corrected chi connectivity index (χ4v) is 3.28. The number of non-ortho nitro benzene ring substituents is 1. The van der Waals surface area contributed by atoms with Gasteiger partial charge in [-0.3, -0.25) is 14.9 Å². The number of carbonyl (C=O) groups is 1. The first-order valence-electron chi connectivity index (χ1n) is 8.79. The van der Waals surface area contributed by atoms with E-state index >= 15 is 0 Å². The maximum atomic E-state index is 12.2. The average molecular weight is 388 g/mol. The molecule has 6 nitrogen and oxygen atoms in total. The summed E-state index contributed by atoms with van der Waals surface area (Å²) in [5.74, 6) is 0.781. The van der Waals surface area contributed by atoms with Gasteiger partial charge < -0.3 is 10.1 Å². The molecule has 0 aromatic heterocycles. The molecule has 2 aromatic carbocycles. The molecule has 0 saturated carbocycles. The Kier molecular flexibility index (Phi) is 7.67. The Morgan fingerprint density at radius 2 is 1.74 bits per heavy atom. The first-order chi connectivity index (χ1) is 12.8. The summed E-state index contributed by atoms with van der Waals surface area (Å²) in [4.78, 5) is 23.3. The Bertz CT molecular complexity index is 761. The highest BCUT2D eigenvalue weighted by Gasteiger charge is 2.14. The first kappa shape index (κ1) is 20.8. The number of nitro groups is 1. The Labute approximate surface area is 163 Å². The lowest BCUT2D eigenvalue weighted by molar-refractivity contribution is -0.384. The van der Waals surface area contributed by atoms with Gasteiger partial charge in [-0.05, 0) is 57.0 Å². The number of benzene rings is 2. The molecule has 0 saturated heterocycles. The molecule has 27 heavy (non-hydrogen) atoms. The Morgan fingerprint density at radius 3 is 2.30 bits per heavy atom. The van der Waals surface area contributed by atoms with Crippen LogP contribution in [0.3, 0.4) is 0 Å². The lowest BCUT2D eigenvalue weighted by Gasteiger charge is -2.12. The van der Waals surface area contributed by atoms with E-state index in [0.717, 1.165) is 22.6 Å². The summed E-state index contributed by atoms with van der Waals surface area (Å²) >= 11 is 1.37. The van der Waals surface area contributed by atoms with Gasteiger partial charge in [0.05, 0.1) is 16.3 Å². The van der Waals surface area contributed by atoms with Crippen molar-refractivity contribution in [3.05, 3.63) is 64.2 Å². The Hall–Kier alpha value is -2.54. The third kappa shape index (κ3) is 6.94. The SMILES string of the molecule is CC(C)Oc1ccc(CCNC(=O)C(C)Sc2ccc([N+](=O)[O-])cc2)cc1. The fourth-order valence-electron chi connectivity index (χ4n) is 2.38. The van der Waals surface area contributed by atoms with Crippen LogP contribution >= 0.6 is 11.8 Å². The molecule has 1 unspecified atom stereocenters. The normalized spacial score (nSPS) is 11.9. The van der Waals surface area contributed by atoms with Gasteiger partial charge in [0.25, 0.3) is 5.69 Å². The van der Waals surface area contributed by atoms with Crippen LogP contribution in [0.5, 0.6) is 5.75 Å². The smallest absolute Gasteiger partial charge is 0.269 e. The van der Waals surface area contributed by atoms with Crippen LogP contribution in [0.4, 0.5) is 5.69 Å². The highest BCUT2D eigenvalue weighted by atomic mass is 32.2. The summed E-state index contributed by atoms with van der Waals surface area (Å²) in [5.41, 5.74) is 1.17. The number of ether oxygens (including phenoxy) is 1. The predicted octanol–water partition coefficient (Wildman–Crippen LogP) is 4.22. The van der Waals surface area contributed by atoms with E-state index in [1.165, 1.54) is 23.9 Å². The van der Waals surface area contributed by atoms with Crippen molar-refractivity contribution in [3.8, 4) is 5.75 Å². The zero-order chi connectivity index (χ0) is 19.8. The summed E-state index contributed by atoms with van der Waals surface area (Å²) < 4.78 is 5.61. The molecule has 0 aliphatic heterocycles. The topological polar surface area (TPSA) is 81.5 Å². The molecule has 7 heteroatoms. The summed E-state index contributed by atoms with van der Waals surface area (Å²) in [7, 11) is 0. The number of rotatable bonds is 9. The van der Waals surface area contributed by atoms with E-state index in [9.17, 15) is 14.9 Å². The molecule has 0 fully saturated rings. The third-order valence-electron chi connectivity index (χ3n) is 3.74. The van der Waals surface area contributed by atoms with E-state index in [1.807, 2.05) is 45.0 Å². The molecule has 0 radical (unpaired) electrons. The van der Waals surface area contributed by atoms with Crippen LogP contribution in [0.1, 0.15) is 26.3 Å². The molecular weight excluding hydrogens is 364 g/mol. The lowest BCUT2D eigenvalue weighted by Crippen LogP contribution is -2.32. The number of thioether (sulfide) groups is 1. The zero-order valence-electron chi connectivity index (χ0n) is 15.7. The Balaban J connectivity index is 1.76. The van der Waals surface area contributed by atoms with Gasteiger partial charge in [-0.15, -0.1) is 11.8 Å². The van der Waals surface area contributed by atoms with Gasteiger partial charge in [-0.25, -0.2) is 0 Å². The first-order valence-corrected chi connectivity index (χ1v) is 9.67. The second kappa shape index (κ2) is 9.97. The molecule has 0 bridgehead atoms. The molecular formula is C20H24N2O4S. The number of carbonyl (C=O) groups excluding carboxylic acids is 1. The summed E-state index contributed by atoms with van der Waals surface area (Å²) in [6.45, 7) is 6.34. The van der Waals surface area contributed by atoms with Crippen molar-refractivity contribution in [1.29, 1.82) is 0 Å². The number of amides is 1. The number of hydrogen-bond acceptors (Lipinski definition) is 5. The van der Waals surface area contributed by atoms with Gasteiger partial charge >= 0.3 is 0 Å². The maximum Gasteiger partial charge on any atom is 0.269 e. The van der Waals surface area contributed by atoms with Crippen LogP contribution in [0.15, 0.2) is 53.4 Å². The van der Waals surface area contributed by atoms with Gasteiger partial charge in [-0.2, -0.15) is 0 Å². The van der Waals surface area contributed by atoms with Crippen LogP contribution < -0.4 is 10.1 Å². The Morgan fingerprint density at radius 1 is 1.11 bits per heavy atom. The largest absolute Gasteiger partial charge is 0.491 e. The van der Waals surface area contributed by atoms with Crippen molar-refractivity contribution in [1.82, 2.24) is 5.32 Å². The minimum atomic E-state index is -0.438. The summed E-state index contributed by atoms with van der Waals surface area (Å²) in [6.07, 6.45) is 0.882. The minimum absolute atomic E-state index is 0.0428. The number of nitrogens with zero attached hydrogens (tertiary/aromatic N) is 1.